The van der Waals surface area contributed by atoms with Gasteiger partial charge in [0.05, 0.1) is 0 Å². The van der Waals surface area contributed by atoms with E-state index in [1.165, 1.54) is 6.07 Å². The number of imidazole rings is 1. The van der Waals surface area contributed by atoms with E-state index in [2.05, 4.69) is 14.9 Å². The smallest absolute Gasteiger partial charge is 0.202 e. The van der Waals surface area contributed by atoms with Crippen LogP contribution in [0.15, 0.2) is 36.7 Å². The number of aryl methyl sites for hydroxylation is 1. The molecule has 0 bridgehead atoms. The quantitative estimate of drug-likeness (QED) is 0.754. The fourth-order valence-electron chi connectivity index (χ4n) is 2.05. The molecule has 0 radical (unpaired) electrons. The van der Waals surface area contributed by atoms with Crippen molar-refractivity contribution in [2.75, 3.05) is 25.6 Å². The first-order chi connectivity index (χ1) is 9.79. The largest absolute Gasteiger partial charge is 0.385 e. The van der Waals surface area contributed by atoms with Crippen molar-refractivity contribution in [3.63, 3.8) is 0 Å². The number of methoxy groups -OCH3 is 1. The van der Waals surface area contributed by atoms with Gasteiger partial charge in [-0.25, -0.2) is 9.37 Å². The van der Waals surface area contributed by atoms with Crippen LogP contribution in [0.1, 0.15) is 12.0 Å². The summed E-state index contributed by atoms with van der Waals surface area (Å²) in [6.45, 7) is 2.34. The molecule has 108 valence electrons. The van der Waals surface area contributed by atoms with Crippen LogP contribution in [-0.2, 0) is 17.7 Å². The minimum Gasteiger partial charge on any atom is -0.385 e. The van der Waals surface area contributed by atoms with Crippen molar-refractivity contribution in [3.05, 3.63) is 48.0 Å². The summed E-state index contributed by atoms with van der Waals surface area (Å²) in [5, 5.41) is 3.28. The van der Waals surface area contributed by atoms with Crippen molar-refractivity contribution in [2.45, 2.75) is 19.4 Å². The molecular weight excluding hydrogens is 257 g/mol. The Labute approximate surface area is 118 Å². The number of ether oxygens (including phenoxy) is 1. The Balaban J connectivity index is 1.80. The first-order valence-electron chi connectivity index (χ1n) is 6.78. The Bertz CT molecular complexity index is 527. The average Bonchev–Trinajstić information content (AvgIpc) is 2.87. The van der Waals surface area contributed by atoms with E-state index in [-0.39, 0.29) is 5.82 Å². The zero-order valence-corrected chi connectivity index (χ0v) is 11.7. The summed E-state index contributed by atoms with van der Waals surface area (Å²) < 4.78 is 20.2. The lowest BCUT2D eigenvalue weighted by molar-refractivity contribution is 0.190. The number of halogens is 1. The number of aromatic nitrogens is 2. The first-order valence-corrected chi connectivity index (χ1v) is 6.78. The maximum Gasteiger partial charge on any atom is 0.202 e. The van der Waals surface area contributed by atoms with E-state index in [0.717, 1.165) is 44.0 Å². The lowest BCUT2D eigenvalue weighted by Crippen LogP contribution is -2.11. The van der Waals surface area contributed by atoms with Crippen LogP contribution < -0.4 is 5.32 Å². The Morgan fingerprint density at radius 2 is 2.30 bits per heavy atom. The van der Waals surface area contributed by atoms with E-state index in [9.17, 15) is 4.39 Å². The summed E-state index contributed by atoms with van der Waals surface area (Å²) in [6, 6.07) is 6.68. The molecule has 20 heavy (non-hydrogen) atoms. The minimum atomic E-state index is -0.191. The standard InChI is InChI=1S/C15H20FN3O/c1-20-11-3-9-19-10-8-18-15(19)17-7-6-13-4-2-5-14(16)12-13/h2,4-5,8,10,12H,3,6-7,9,11H2,1H3,(H,17,18). The normalized spacial score (nSPS) is 10.7. The summed E-state index contributed by atoms with van der Waals surface area (Å²) in [5.74, 6) is 0.654. The van der Waals surface area contributed by atoms with Crippen LogP contribution in [-0.4, -0.2) is 29.8 Å². The highest BCUT2D eigenvalue weighted by molar-refractivity contribution is 5.27. The van der Waals surface area contributed by atoms with Gasteiger partial charge in [0, 0.05) is 39.2 Å². The molecule has 0 aliphatic heterocycles. The third kappa shape index (κ3) is 4.35. The third-order valence-corrected chi connectivity index (χ3v) is 3.05. The molecule has 1 aromatic heterocycles. The molecule has 0 aliphatic carbocycles. The van der Waals surface area contributed by atoms with E-state index >= 15 is 0 Å². The maximum atomic E-state index is 13.1. The van der Waals surface area contributed by atoms with Crippen molar-refractivity contribution >= 4 is 5.95 Å². The second-order valence-electron chi connectivity index (χ2n) is 4.60. The van der Waals surface area contributed by atoms with Gasteiger partial charge in [-0.1, -0.05) is 12.1 Å². The number of nitrogens with one attached hydrogen (secondary N) is 1. The lowest BCUT2D eigenvalue weighted by Gasteiger charge is -2.09. The molecule has 0 aliphatic rings. The number of hydrogen-bond acceptors (Lipinski definition) is 3. The van der Waals surface area contributed by atoms with Gasteiger partial charge in [0.25, 0.3) is 0 Å². The maximum absolute atomic E-state index is 13.1. The summed E-state index contributed by atoms with van der Waals surface area (Å²) in [7, 11) is 1.70. The van der Waals surface area contributed by atoms with Crippen molar-refractivity contribution in [2.24, 2.45) is 0 Å². The van der Waals surface area contributed by atoms with Gasteiger partial charge in [-0.15, -0.1) is 0 Å². The van der Waals surface area contributed by atoms with Gasteiger partial charge in [0.15, 0.2) is 0 Å². The highest BCUT2D eigenvalue weighted by Crippen LogP contribution is 2.07. The van der Waals surface area contributed by atoms with E-state index in [1.54, 1.807) is 25.4 Å². The number of nitrogens with zero attached hydrogens (tertiary/aromatic N) is 2. The predicted molar refractivity (Wildman–Crippen MR) is 77.3 cm³/mol. The highest BCUT2D eigenvalue weighted by atomic mass is 19.1. The molecule has 0 fully saturated rings. The Morgan fingerprint density at radius 3 is 3.10 bits per heavy atom. The molecule has 0 saturated carbocycles. The van der Waals surface area contributed by atoms with Crippen LogP contribution in [0.4, 0.5) is 10.3 Å². The molecule has 0 unspecified atom stereocenters. The number of rotatable bonds is 8. The molecule has 5 heteroatoms. The van der Waals surface area contributed by atoms with Gasteiger partial charge < -0.3 is 14.6 Å². The van der Waals surface area contributed by atoms with E-state index in [1.807, 2.05) is 12.3 Å². The van der Waals surface area contributed by atoms with Crippen LogP contribution in [0.2, 0.25) is 0 Å². The molecule has 0 spiro atoms. The van der Waals surface area contributed by atoms with Gasteiger partial charge in [0.2, 0.25) is 5.95 Å². The molecule has 2 aromatic rings. The van der Waals surface area contributed by atoms with Gasteiger partial charge in [0.1, 0.15) is 5.82 Å². The summed E-state index contributed by atoms with van der Waals surface area (Å²) in [4.78, 5) is 4.28. The summed E-state index contributed by atoms with van der Waals surface area (Å²) >= 11 is 0. The predicted octanol–water partition coefficient (Wildman–Crippen LogP) is 2.71. The molecule has 1 N–H and O–H groups in total. The Morgan fingerprint density at radius 1 is 1.40 bits per heavy atom. The Hall–Kier alpha value is -1.88. The molecule has 0 atom stereocenters. The van der Waals surface area contributed by atoms with E-state index < -0.39 is 0 Å². The second kappa shape index (κ2) is 7.65. The zero-order chi connectivity index (χ0) is 14.2. The zero-order valence-electron chi connectivity index (χ0n) is 11.7. The monoisotopic (exact) mass is 277 g/mol. The van der Waals surface area contributed by atoms with Crippen molar-refractivity contribution in [1.29, 1.82) is 0 Å². The van der Waals surface area contributed by atoms with Crippen molar-refractivity contribution < 1.29 is 9.13 Å². The summed E-state index contributed by atoms with van der Waals surface area (Å²) in [6.07, 6.45) is 5.44. The van der Waals surface area contributed by atoms with Gasteiger partial charge in [-0.05, 0) is 30.5 Å². The molecule has 0 saturated heterocycles. The van der Waals surface area contributed by atoms with Crippen LogP contribution in [0.3, 0.4) is 0 Å². The molecule has 1 aromatic carbocycles. The highest BCUT2D eigenvalue weighted by Gasteiger charge is 2.02. The van der Waals surface area contributed by atoms with E-state index in [4.69, 9.17) is 4.74 Å². The van der Waals surface area contributed by atoms with Gasteiger partial charge in [-0.3, -0.25) is 0 Å². The Kier molecular flexibility index (Phi) is 5.55. The van der Waals surface area contributed by atoms with Crippen LogP contribution in [0, 0.1) is 5.82 Å². The SMILES string of the molecule is COCCCn1ccnc1NCCc1cccc(F)c1. The van der Waals surface area contributed by atoms with Crippen LogP contribution >= 0.6 is 0 Å². The molecular formula is C15H20FN3O. The molecule has 2 rings (SSSR count). The molecule has 0 amide bonds. The minimum absolute atomic E-state index is 0.191. The average molecular weight is 277 g/mol. The molecule has 4 nitrogen and oxygen atoms in total. The first kappa shape index (κ1) is 14.5. The van der Waals surface area contributed by atoms with Crippen LogP contribution in [0.5, 0.6) is 0 Å². The number of hydrogen-bond donors (Lipinski definition) is 1. The number of benzene rings is 1. The topological polar surface area (TPSA) is 39.1 Å². The van der Waals surface area contributed by atoms with Crippen molar-refractivity contribution in [1.82, 2.24) is 9.55 Å². The van der Waals surface area contributed by atoms with E-state index in [0.29, 0.717) is 0 Å². The van der Waals surface area contributed by atoms with Crippen molar-refractivity contribution in [3.8, 4) is 0 Å². The fraction of sp³-hybridized carbons (Fsp3) is 0.400. The van der Waals surface area contributed by atoms with Crippen LogP contribution in [0.25, 0.3) is 0 Å². The molecule has 1 heterocycles. The lowest BCUT2D eigenvalue weighted by atomic mass is 10.1. The second-order valence-corrected chi connectivity index (χ2v) is 4.60. The fourth-order valence-corrected chi connectivity index (χ4v) is 2.05. The summed E-state index contributed by atoms with van der Waals surface area (Å²) in [5.41, 5.74) is 0.981. The third-order valence-electron chi connectivity index (χ3n) is 3.05. The van der Waals surface area contributed by atoms with Gasteiger partial charge >= 0.3 is 0 Å². The van der Waals surface area contributed by atoms with Gasteiger partial charge in [-0.2, -0.15) is 0 Å². The number of anilines is 1.